The number of benzene rings is 1. The molecule has 1 aromatic carbocycles. The summed E-state index contributed by atoms with van der Waals surface area (Å²) in [6, 6.07) is 9.12. The lowest BCUT2D eigenvalue weighted by Gasteiger charge is -2.27. The molecule has 2 unspecified atom stereocenters. The molecule has 0 saturated carbocycles. The molecule has 57 heavy (non-hydrogen) atoms. The lowest BCUT2D eigenvalue weighted by Crippen LogP contribution is -2.39. The van der Waals surface area contributed by atoms with Crippen molar-refractivity contribution in [2.45, 2.75) is 160 Å². The van der Waals surface area contributed by atoms with Crippen molar-refractivity contribution in [3.63, 3.8) is 0 Å². The number of hydrogen-bond acceptors (Lipinski definition) is 12. The molecule has 0 amide bonds. The number of phosphoric ester groups is 1. The van der Waals surface area contributed by atoms with E-state index in [-0.39, 0.29) is 25.6 Å². The molecule has 5 N–H and O–H groups in total. The molecule has 3 aromatic rings. The Kier molecular flexibility index (Phi) is 20.2. The van der Waals surface area contributed by atoms with Crippen molar-refractivity contribution < 1.29 is 47.7 Å². The Balaban J connectivity index is 1.18. The maximum Gasteiger partial charge on any atom is 0.472 e. The maximum atomic E-state index is 13.1. The summed E-state index contributed by atoms with van der Waals surface area (Å²) in [7, 11) is -3.07. The first-order valence-corrected chi connectivity index (χ1v) is 22.6. The van der Waals surface area contributed by atoms with Gasteiger partial charge in [-0.3, -0.25) is 9.05 Å². The van der Waals surface area contributed by atoms with Gasteiger partial charge in [0, 0.05) is 12.2 Å². The highest BCUT2D eigenvalue weighted by atomic mass is 31.2. The van der Waals surface area contributed by atoms with Gasteiger partial charge in [-0.2, -0.15) is 5.10 Å². The SMILES string of the molecule is CCCCCCCCCCCCCCCCCCOC[C@H](COP(=O)(O)OCC1O[C@@](C)(c2ccc3c(N)ncnn23)[C@H](O)[C@@H]1O)OCc1ccc(C)cc1OC. The van der Waals surface area contributed by atoms with Gasteiger partial charge in [0.1, 0.15) is 47.6 Å². The Labute approximate surface area is 339 Å². The molecule has 0 bridgehead atoms. The molecule has 14 nitrogen and oxygen atoms in total. The molecule has 1 aliphatic heterocycles. The third kappa shape index (κ3) is 14.8. The lowest BCUT2D eigenvalue weighted by atomic mass is 9.93. The zero-order chi connectivity index (χ0) is 41.1. The summed E-state index contributed by atoms with van der Waals surface area (Å²) in [5, 5.41) is 26.1. The zero-order valence-corrected chi connectivity index (χ0v) is 35.6. The largest absolute Gasteiger partial charge is 0.496 e. The number of nitrogens with zero attached hydrogens (tertiary/aromatic N) is 3. The number of nitrogens with two attached hydrogens (primary N) is 1. The van der Waals surface area contributed by atoms with E-state index in [2.05, 4.69) is 17.0 Å². The number of aliphatic hydroxyl groups excluding tert-OH is 2. The number of phosphoric acid groups is 1. The number of methoxy groups -OCH3 is 1. The van der Waals surface area contributed by atoms with Crippen LogP contribution in [-0.2, 0) is 40.0 Å². The monoisotopic (exact) mass is 820 g/mol. The van der Waals surface area contributed by atoms with Gasteiger partial charge in [-0.15, -0.1) is 0 Å². The molecule has 0 radical (unpaired) electrons. The van der Waals surface area contributed by atoms with E-state index in [1.807, 2.05) is 25.1 Å². The third-order valence-corrected chi connectivity index (χ3v) is 11.8. The molecule has 1 fully saturated rings. The third-order valence-electron chi connectivity index (χ3n) is 10.8. The predicted molar refractivity (Wildman–Crippen MR) is 220 cm³/mol. The zero-order valence-electron chi connectivity index (χ0n) is 34.7. The molecule has 6 atom stereocenters. The van der Waals surface area contributed by atoms with Gasteiger partial charge in [0.15, 0.2) is 5.82 Å². The van der Waals surface area contributed by atoms with Crippen LogP contribution in [0, 0.1) is 6.92 Å². The molecule has 1 aliphatic rings. The highest BCUT2D eigenvalue weighted by molar-refractivity contribution is 7.47. The first kappa shape index (κ1) is 47.0. The number of rotatable bonds is 30. The summed E-state index contributed by atoms with van der Waals surface area (Å²) in [4.78, 5) is 14.6. The van der Waals surface area contributed by atoms with E-state index < -0.39 is 44.4 Å². The van der Waals surface area contributed by atoms with Gasteiger partial charge < -0.3 is 39.8 Å². The molecule has 15 heteroatoms. The fourth-order valence-electron chi connectivity index (χ4n) is 7.33. The van der Waals surface area contributed by atoms with Crippen molar-refractivity contribution in [3.8, 4) is 5.75 Å². The Hall–Kier alpha value is -2.65. The fourth-order valence-corrected chi connectivity index (χ4v) is 8.09. The van der Waals surface area contributed by atoms with Crippen LogP contribution in [0.2, 0.25) is 0 Å². The smallest absolute Gasteiger partial charge is 0.472 e. The molecule has 3 heterocycles. The van der Waals surface area contributed by atoms with E-state index in [0.717, 1.165) is 24.0 Å². The minimum absolute atomic E-state index is 0.140. The van der Waals surface area contributed by atoms with E-state index in [0.29, 0.717) is 23.6 Å². The summed E-state index contributed by atoms with van der Waals surface area (Å²) in [6.45, 7) is 5.83. The van der Waals surface area contributed by atoms with Crippen molar-refractivity contribution >= 4 is 19.2 Å². The van der Waals surface area contributed by atoms with Crippen LogP contribution in [0.25, 0.3) is 5.52 Å². The highest BCUT2D eigenvalue weighted by Gasteiger charge is 2.54. The minimum Gasteiger partial charge on any atom is -0.496 e. The number of nitrogen functional groups attached to an aromatic ring is 1. The van der Waals surface area contributed by atoms with Gasteiger partial charge in [-0.1, -0.05) is 115 Å². The second-order valence-electron chi connectivity index (χ2n) is 15.5. The van der Waals surface area contributed by atoms with E-state index >= 15 is 0 Å². The summed E-state index contributed by atoms with van der Waals surface area (Å²) < 4.78 is 48.9. The van der Waals surface area contributed by atoms with E-state index in [4.69, 9.17) is 33.7 Å². The molecule has 0 aliphatic carbocycles. The van der Waals surface area contributed by atoms with Crippen molar-refractivity contribution in [3.05, 3.63) is 53.5 Å². The van der Waals surface area contributed by atoms with Crippen LogP contribution in [0.4, 0.5) is 5.82 Å². The van der Waals surface area contributed by atoms with E-state index in [1.165, 1.54) is 101 Å². The number of unbranched alkanes of at least 4 members (excludes halogenated alkanes) is 15. The first-order chi connectivity index (χ1) is 27.5. The van der Waals surface area contributed by atoms with Gasteiger partial charge in [-0.05, 0) is 44.0 Å². The van der Waals surface area contributed by atoms with Gasteiger partial charge in [-0.25, -0.2) is 14.1 Å². The molecule has 4 rings (SSSR count). The second kappa shape index (κ2) is 24.4. The Morgan fingerprint density at radius 3 is 2.18 bits per heavy atom. The van der Waals surface area contributed by atoms with Crippen LogP contribution in [0.1, 0.15) is 133 Å². The van der Waals surface area contributed by atoms with E-state index in [9.17, 15) is 19.7 Å². The van der Waals surface area contributed by atoms with Gasteiger partial charge in [0.2, 0.25) is 0 Å². The molecule has 322 valence electrons. The van der Waals surface area contributed by atoms with Gasteiger partial charge in [0.05, 0.1) is 39.2 Å². The van der Waals surface area contributed by atoms with Crippen molar-refractivity contribution in [2.24, 2.45) is 0 Å². The lowest BCUT2D eigenvalue weighted by molar-refractivity contribution is -0.0901. The number of aryl methyl sites for hydroxylation is 1. The Morgan fingerprint density at radius 2 is 1.54 bits per heavy atom. The van der Waals surface area contributed by atoms with Gasteiger partial charge in [0.25, 0.3) is 0 Å². The number of aromatic nitrogens is 3. The average Bonchev–Trinajstić information content (AvgIpc) is 3.74. The predicted octanol–water partition coefficient (Wildman–Crippen LogP) is 7.96. The second-order valence-corrected chi connectivity index (χ2v) is 17.0. The quantitative estimate of drug-likeness (QED) is 0.0375. The topological polar surface area (TPSA) is 189 Å². The number of hydrogen-bond donors (Lipinski definition) is 4. The minimum atomic E-state index is -4.66. The van der Waals surface area contributed by atoms with Crippen molar-refractivity contribution in [1.29, 1.82) is 0 Å². The summed E-state index contributed by atoms with van der Waals surface area (Å²) in [5.41, 5.74) is 7.28. The molecular weight excluding hydrogens is 751 g/mol. The molecule has 0 spiro atoms. The van der Waals surface area contributed by atoms with Crippen molar-refractivity contribution in [2.75, 3.05) is 39.3 Å². The standard InChI is InChI=1S/C42H69N4O10P/c1-5-6-7-8-9-10-11-12-13-14-15-16-17-18-19-20-25-52-28-34(53-27-33-22-21-32(2)26-36(33)51-4)29-54-57(49,50)55-30-37-39(47)40(48)42(3,56-37)38-24-23-35-41(43)44-31-45-46(35)38/h21-24,26,31,34,37,39-40,47-48H,5-20,25,27-30H2,1-4H3,(H,49,50)(H2,43,44,45)/t34-,37?,39-,40-,42+/m1/s1. The first-order valence-electron chi connectivity index (χ1n) is 21.1. The van der Waals surface area contributed by atoms with Crippen LogP contribution >= 0.6 is 7.82 Å². The van der Waals surface area contributed by atoms with E-state index in [1.54, 1.807) is 26.2 Å². The Morgan fingerprint density at radius 1 is 0.912 bits per heavy atom. The molecule has 1 saturated heterocycles. The maximum absolute atomic E-state index is 13.1. The molecular formula is C42H69N4O10P. The molecule has 2 aromatic heterocycles. The normalized spacial score (nSPS) is 21.3. The number of fused-ring (bicyclic) bond motifs is 1. The van der Waals surface area contributed by atoms with Crippen LogP contribution in [0.5, 0.6) is 5.75 Å². The number of anilines is 1. The summed E-state index contributed by atoms with van der Waals surface area (Å²) >= 11 is 0. The Bertz CT molecular complexity index is 1650. The van der Waals surface area contributed by atoms with Crippen LogP contribution < -0.4 is 10.5 Å². The number of aliphatic hydroxyl groups is 2. The summed E-state index contributed by atoms with van der Waals surface area (Å²) in [6.07, 6.45) is 17.2. The van der Waals surface area contributed by atoms with Crippen LogP contribution in [0.15, 0.2) is 36.7 Å². The summed E-state index contributed by atoms with van der Waals surface area (Å²) in [5.74, 6) is 0.908. The van der Waals surface area contributed by atoms with Crippen LogP contribution in [-0.4, -0.2) is 87.7 Å². The van der Waals surface area contributed by atoms with Crippen molar-refractivity contribution in [1.82, 2.24) is 14.6 Å². The van der Waals surface area contributed by atoms with Gasteiger partial charge >= 0.3 is 7.82 Å². The highest BCUT2D eigenvalue weighted by Crippen LogP contribution is 2.46. The average molecular weight is 821 g/mol. The fraction of sp³-hybridized carbons (Fsp3) is 0.714. The number of ether oxygens (including phenoxy) is 4. The van der Waals surface area contributed by atoms with Crippen LogP contribution in [0.3, 0.4) is 0 Å².